The summed E-state index contributed by atoms with van der Waals surface area (Å²) in [4.78, 5) is 1.47. The minimum absolute atomic E-state index is 0.530. The SMILES string of the molecule is CCCC1CCC(NC(C)c2cccs2)CC1. The summed E-state index contributed by atoms with van der Waals surface area (Å²) in [6.45, 7) is 4.60. The van der Waals surface area contributed by atoms with Gasteiger partial charge in [-0.15, -0.1) is 11.3 Å². The third-order valence-corrected chi connectivity index (χ3v) is 5.05. The van der Waals surface area contributed by atoms with E-state index in [0.717, 1.165) is 12.0 Å². The molecule has 0 saturated heterocycles. The summed E-state index contributed by atoms with van der Waals surface area (Å²) in [7, 11) is 0. The van der Waals surface area contributed by atoms with Crippen molar-refractivity contribution in [3.63, 3.8) is 0 Å². The Hall–Kier alpha value is -0.340. The van der Waals surface area contributed by atoms with Gasteiger partial charge in [0.15, 0.2) is 0 Å². The number of thiophene rings is 1. The zero-order valence-electron chi connectivity index (χ0n) is 11.1. The highest BCUT2D eigenvalue weighted by atomic mass is 32.1. The molecule has 0 bridgehead atoms. The van der Waals surface area contributed by atoms with Crippen molar-refractivity contribution in [3.8, 4) is 0 Å². The maximum Gasteiger partial charge on any atom is 0.0388 e. The van der Waals surface area contributed by atoms with E-state index in [1.54, 1.807) is 0 Å². The molecule has 2 heteroatoms. The van der Waals surface area contributed by atoms with Gasteiger partial charge in [0.1, 0.15) is 0 Å². The van der Waals surface area contributed by atoms with Crippen LogP contribution in [-0.4, -0.2) is 6.04 Å². The van der Waals surface area contributed by atoms with Crippen LogP contribution in [0.2, 0.25) is 0 Å². The van der Waals surface area contributed by atoms with E-state index in [9.17, 15) is 0 Å². The lowest BCUT2D eigenvalue weighted by Gasteiger charge is -2.31. The molecule has 1 aromatic rings. The lowest BCUT2D eigenvalue weighted by Crippen LogP contribution is -2.34. The van der Waals surface area contributed by atoms with Crippen LogP contribution in [0.5, 0.6) is 0 Å². The van der Waals surface area contributed by atoms with Crippen molar-refractivity contribution in [1.82, 2.24) is 5.32 Å². The lowest BCUT2D eigenvalue weighted by atomic mass is 9.83. The van der Waals surface area contributed by atoms with Gasteiger partial charge in [-0.05, 0) is 50.0 Å². The fourth-order valence-electron chi connectivity index (χ4n) is 3.00. The van der Waals surface area contributed by atoms with Crippen molar-refractivity contribution in [2.24, 2.45) is 5.92 Å². The van der Waals surface area contributed by atoms with E-state index in [2.05, 4.69) is 36.7 Å². The number of nitrogens with one attached hydrogen (secondary N) is 1. The van der Waals surface area contributed by atoms with Crippen LogP contribution in [-0.2, 0) is 0 Å². The summed E-state index contributed by atoms with van der Waals surface area (Å²) < 4.78 is 0. The second-order valence-corrected chi connectivity index (χ2v) is 6.39. The van der Waals surface area contributed by atoms with Crippen LogP contribution in [0.3, 0.4) is 0 Å². The molecule has 0 aromatic carbocycles. The van der Waals surface area contributed by atoms with Gasteiger partial charge in [0.25, 0.3) is 0 Å². The number of rotatable bonds is 5. The number of hydrogen-bond donors (Lipinski definition) is 1. The fraction of sp³-hybridized carbons (Fsp3) is 0.733. The molecule has 1 aliphatic carbocycles. The Morgan fingerprint density at radius 1 is 1.35 bits per heavy atom. The van der Waals surface area contributed by atoms with E-state index >= 15 is 0 Å². The molecule has 1 aliphatic rings. The minimum atomic E-state index is 0.530. The molecule has 1 nitrogen and oxygen atoms in total. The highest BCUT2D eigenvalue weighted by molar-refractivity contribution is 7.10. The highest BCUT2D eigenvalue weighted by Gasteiger charge is 2.21. The van der Waals surface area contributed by atoms with Crippen molar-refractivity contribution in [3.05, 3.63) is 22.4 Å². The van der Waals surface area contributed by atoms with Crippen molar-refractivity contribution in [2.75, 3.05) is 0 Å². The van der Waals surface area contributed by atoms with Crippen LogP contribution >= 0.6 is 11.3 Å². The van der Waals surface area contributed by atoms with Crippen molar-refractivity contribution >= 4 is 11.3 Å². The fourth-order valence-corrected chi connectivity index (χ4v) is 3.74. The Kier molecular flexibility index (Phi) is 5.05. The largest absolute Gasteiger partial charge is 0.307 e. The van der Waals surface area contributed by atoms with Crippen LogP contribution in [0.15, 0.2) is 17.5 Å². The first kappa shape index (κ1) is 13.1. The topological polar surface area (TPSA) is 12.0 Å². The van der Waals surface area contributed by atoms with Crippen LogP contribution in [0.4, 0.5) is 0 Å². The third kappa shape index (κ3) is 3.82. The molecule has 96 valence electrons. The molecule has 1 atom stereocenters. The second-order valence-electron chi connectivity index (χ2n) is 5.41. The Morgan fingerprint density at radius 3 is 2.71 bits per heavy atom. The van der Waals surface area contributed by atoms with Gasteiger partial charge in [0.05, 0.1) is 0 Å². The van der Waals surface area contributed by atoms with Crippen molar-refractivity contribution < 1.29 is 0 Å². The number of hydrogen-bond acceptors (Lipinski definition) is 2. The normalized spacial score (nSPS) is 26.9. The van der Waals surface area contributed by atoms with E-state index < -0.39 is 0 Å². The van der Waals surface area contributed by atoms with E-state index in [-0.39, 0.29) is 0 Å². The van der Waals surface area contributed by atoms with E-state index in [1.807, 2.05) is 11.3 Å². The van der Waals surface area contributed by atoms with Crippen LogP contribution in [0, 0.1) is 5.92 Å². The van der Waals surface area contributed by atoms with Crippen LogP contribution in [0.1, 0.15) is 63.3 Å². The molecule has 0 amide bonds. The predicted octanol–water partition coefficient (Wildman–Crippen LogP) is 4.76. The maximum atomic E-state index is 3.79. The maximum absolute atomic E-state index is 3.79. The quantitative estimate of drug-likeness (QED) is 0.795. The average Bonchev–Trinajstić information content (AvgIpc) is 2.86. The molecule has 1 heterocycles. The monoisotopic (exact) mass is 251 g/mol. The smallest absolute Gasteiger partial charge is 0.0388 e. The Balaban J connectivity index is 1.74. The van der Waals surface area contributed by atoms with Gasteiger partial charge in [0, 0.05) is 17.0 Å². The molecule has 1 unspecified atom stereocenters. The van der Waals surface area contributed by atoms with E-state index in [1.165, 1.54) is 43.4 Å². The molecule has 17 heavy (non-hydrogen) atoms. The molecule has 0 aliphatic heterocycles. The van der Waals surface area contributed by atoms with Gasteiger partial charge in [-0.2, -0.15) is 0 Å². The second kappa shape index (κ2) is 6.55. The lowest BCUT2D eigenvalue weighted by molar-refractivity contribution is 0.267. The summed E-state index contributed by atoms with van der Waals surface area (Å²) in [5, 5.41) is 5.97. The Bertz CT molecular complexity index is 299. The van der Waals surface area contributed by atoms with Gasteiger partial charge in [-0.3, -0.25) is 0 Å². The Morgan fingerprint density at radius 2 is 2.12 bits per heavy atom. The Labute approximate surface area is 110 Å². The van der Waals surface area contributed by atoms with E-state index in [4.69, 9.17) is 0 Å². The van der Waals surface area contributed by atoms with Gasteiger partial charge in [0.2, 0.25) is 0 Å². The van der Waals surface area contributed by atoms with Crippen LogP contribution in [0.25, 0.3) is 0 Å². The summed E-state index contributed by atoms with van der Waals surface area (Å²) in [5.74, 6) is 1.01. The molecule has 0 spiro atoms. The summed E-state index contributed by atoms with van der Waals surface area (Å²) >= 11 is 1.87. The summed E-state index contributed by atoms with van der Waals surface area (Å²) in [6.07, 6.45) is 8.41. The first-order valence-electron chi connectivity index (χ1n) is 7.09. The van der Waals surface area contributed by atoms with Gasteiger partial charge < -0.3 is 5.32 Å². The zero-order chi connectivity index (χ0) is 12.1. The van der Waals surface area contributed by atoms with Gasteiger partial charge in [-0.1, -0.05) is 25.8 Å². The highest BCUT2D eigenvalue weighted by Crippen LogP contribution is 2.29. The molecule has 1 aromatic heterocycles. The third-order valence-electron chi connectivity index (χ3n) is 4.00. The molecular formula is C15H25NS. The predicted molar refractivity (Wildman–Crippen MR) is 76.5 cm³/mol. The average molecular weight is 251 g/mol. The standard InChI is InChI=1S/C15H25NS/c1-3-5-13-7-9-14(10-8-13)16-12(2)15-6-4-11-17-15/h4,6,11-14,16H,3,5,7-10H2,1-2H3. The van der Waals surface area contributed by atoms with E-state index in [0.29, 0.717) is 6.04 Å². The first-order valence-corrected chi connectivity index (χ1v) is 7.97. The van der Waals surface area contributed by atoms with Crippen molar-refractivity contribution in [1.29, 1.82) is 0 Å². The molecule has 1 saturated carbocycles. The van der Waals surface area contributed by atoms with Crippen molar-refractivity contribution in [2.45, 2.75) is 64.5 Å². The van der Waals surface area contributed by atoms with Gasteiger partial charge in [-0.25, -0.2) is 0 Å². The molecule has 0 radical (unpaired) electrons. The zero-order valence-corrected chi connectivity index (χ0v) is 11.9. The molecular weight excluding hydrogens is 226 g/mol. The summed E-state index contributed by atoms with van der Waals surface area (Å²) in [6, 6.07) is 5.67. The van der Waals surface area contributed by atoms with Gasteiger partial charge >= 0.3 is 0 Å². The molecule has 2 rings (SSSR count). The molecule has 1 fully saturated rings. The first-order chi connectivity index (χ1) is 8.29. The van der Waals surface area contributed by atoms with Crippen LogP contribution < -0.4 is 5.32 Å². The molecule has 1 N–H and O–H groups in total. The minimum Gasteiger partial charge on any atom is -0.307 e. The summed E-state index contributed by atoms with van der Waals surface area (Å²) in [5.41, 5.74) is 0.